The standard InChI is InChI=1S/C10H10ClN3O3S/c1-2-17-9-12-13-10(18(11,15)16)14(9)8-6-4-3-5-7-8/h3-7H,2H2,1H3. The minimum Gasteiger partial charge on any atom is -0.464 e. The Hall–Kier alpha value is -1.60. The van der Waals surface area contributed by atoms with Crippen molar-refractivity contribution in [3.8, 4) is 11.7 Å². The number of ether oxygens (including phenoxy) is 1. The van der Waals surface area contributed by atoms with Gasteiger partial charge in [0.15, 0.2) is 0 Å². The van der Waals surface area contributed by atoms with Gasteiger partial charge in [0.05, 0.1) is 12.3 Å². The molecule has 0 unspecified atom stereocenters. The largest absolute Gasteiger partial charge is 0.464 e. The van der Waals surface area contributed by atoms with Crippen LogP contribution >= 0.6 is 10.7 Å². The zero-order valence-electron chi connectivity index (χ0n) is 9.45. The Bertz CT molecular complexity index is 640. The lowest BCUT2D eigenvalue weighted by molar-refractivity contribution is 0.304. The van der Waals surface area contributed by atoms with Gasteiger partial charge in [-0.1, -0.05) is 23.3 Å². The van der Waals surface area contributed by atoms with Crippen LogP contribution in [0.5, 0.6) is 6.01 Å². The Morgan fingerprint density at radius 2 is 1.94 bits per heavy atom. The number of aromatic nitrogens is 3. The van der Waals surface area contributed by atoms with E-state index >= 15 is 0 Å². The second kappa shape index (κ2) is 4.95. The maximum Gasteiger partial charge on any atom is 0.322 e. The number of hydrogen-bond donors (Lipinski definition) is 0. The van der Waals surface area contributed by atoms with Gasteiger partial charge in [0, 0.05) is 10.7 Å². The number of hydrogen-bond acceptors (Lipinski definition) is 5. The van der Waals surface area contributed by atoms with Gasteiger partial charge in [0.1, 0.15) is 0 Å². The molecule has 0 bridgehead atoms. The van der Waals surface area contributed by atoms with E-state index in [1.807, 2.05) is 6.07 Å². The molecule has 0 radical (unpaired) electrons. The summed E-state index contributed by atoms with van der Waals surface area (Å²) in [5.74, 6) is 0. The molecule has 1 aromatic heterocycles. The quantitative estimate of drug-likeness (QED) is 0.799. The first-order chi connectivity index (χ1) is 8.54. The smallest absolute Gasteiger partial charge is 0.322 e. The van der Waals surface area contributed by atoms with Crippen LogP contribution in [0.15, 0.2) is 35.5 Å². The lowest BCUT2D eigenvalue weighted by Crippen LogP contribution is -2.07. The van der Waals surface area contributed by atoms with Crippen LogP contribution in [0.3, 0.4) is 0 Å². The fraction of sp³-hybridized carbons (Fsp3) is 0.200. The Labute approximate surface area is 109 Å². The zero-order chi connectivity index (χ0) is 13.2. The van der Waals surface area contributed by atoms with Crippen LogP contribution in [0.2, 0.25) is 0 Å². The average molecular weight is 288 g/mol. The van der Waals surface area contributed by atoms with Gasteiger partial charge >= 0.3 is 6.01 Å². The highest BCUT2D eigenvalue weighted by Gasteiger charge is 2.24. The van der Waals surface area contributed by atoms with Gasteiger partial charge < -0.3 is 4.74 Å². The SMILES string of the molecule is CCOc1nnc(S(=O)(=O)Cl)n1-c1ccccc1. The third-order valence-electron chi connectivity index (χ3n) is 2.11. The van der Waals surface area contributed by atoms with E-state index in [9.17, 15) is 8.42 Å². The van der Waals surface area contributed by atoms with Gasteiger partial charge in [-0.2, -0.15) is 0 Å². The molecule has 18 heavy (non-hydrogen) atoms. The number of nitrogens with zero attached hydrogens (tertiary/aromatic N) is 3. The average Bonchev–Trinajstić information content (AvgIpc) is 2.74. The molecule has 0 amide bonds. The summed E-state index contributed by atoms with van der Waals surface area (Å²) in [6.45, 7) is 2.10. The molecule has 6 nitrogen and oxygen atoms in total. The minimum atomic E-state index is -4.00. The number of halogens is 1. The highest BCUT2D eigenvalue weighted by atomic mass is 35.7. The second-order valence-corrected chi connectivity index (χ2v) is 5.77. The summed E-state index contributed by atoms with van der Waals surface area (Å²) in [7, 11) is 1.32. The van der Waals surface area contributed by atoms with Crippen LogP contribution in [0.25, 0.3) is 5.69 Å². The summed E-state index contributed by atoms with van der Waals surface area (Å²) < 4.78 is 29.4. The van der Waals surface area contributed by atoms with E-state index in [1.165, 1.54) is 4.57 Å². The Balaban J connectivity index is 2.65. The van der Waals surface area contributed by atoms with Gasteiger partial charge in [-0.25, -0.2) is 13.0 Å². The molecule has 2 rings (SSSR count). The minimum absolute atomic E-state index is 0.0860. The lowest BCUT2D eigenvalue weighted by atomic mass is 10.3. The van der Waals surface area contributed by atoms with E-state index in [4.69, 9.17) is 15.4 Å². The normalized spacial score (nSPS) is 11.4. The summed E-state index contributed by atoms with van der Waals surface area (Å²) >= 11 is 0. The summed E-state index contributed by atoms with van der Waals surface area (Å²) in [5.41, 5.74) is 0.560. The van der Waals surface area contributed by atoms with E-state index in [-0.39, 0.29) is 11.2 Å². The second-order valence-electron chi connectivity index (χ2n) is 3.31. The predicted molar refractivity (Wildman–Crippen MR) is 65.6 cm³/mol. The van der Waals surface area contributed by atoms with Crippen molar-refractivity contribution < 1.29 is 13.2 Å². The first-order valence-corrected chi connectivity index (χ1v) is 7.43. The summed E-state index contributed by atoms with van der Waals surface area (Å²) in [5, 5.41) is 6.86. The predicted octanol–water partition coefficient (Wildman–Crippen LogP) is 1.59. The van der Waals surface area contributed by atoms with Gasteiger partial charge in [-0.05, 0) is 19.1 Å². The molecule has 0 aliphatic heterocycles. The summed E-state index contributed by atoms with van der Waals surface area (Å²) in [6.07, 6.45) is 0. The fourth-order valence-electron chi connectivity index (χ4n) is 1.44. The first kappa shape index (κ1) is 12.8. The van der Waals surface area contributed by atoms with Crippen LogP contribution in [-0.4, -0.2) is 29.8 Å². The van der Waals surface area contributed by atoms with Crippen molar-refractivity contribution in [2.75, 3.05) is 6.61 Å². The Morgan fingerprint density at radius 3 is 2.50 bits per heavy atom. The van der Waals surface area contributed by atoms with Crippen molar-refractivity contribution in [1.29, 1.82) is 0 Å². The molecule has 0 aliphatic rings. The molecule has 8 heteroatoms. The summed E-state index contributed by atoms with van der Waals surface area (Å²) in [6, 6.07) is 8.83. The maximum atomic E-state index is 11.4. The van der Waals surface area contributed by atoms with E-state index in [0.717, 1.165) is 0 Å². The maximum absolute atomic E-state index is 11.4. The lowest BCUT2D eigenvalue weighted by Gasteiger charge is -2.08. The van der Waals surface area contributed by atoms with Gasteiger partial charge in [-0.3, -0.25) is 0 Å². The molecule has 0 spiro atoms. The molecule has 0 saturated carbocycles. The highest BCUT2D eigenvalue weighted by Crippen LogP contribution is 2.23. The number of para-hydroxylation sites is 1. The molecule has 2 aromatic rings. The van der Waals surface area contributed by atoms with Gasteiger partial charge in [0.25, 0.3) is 14.2 Å². The number of rotatable bonds is 4. The zero-order valence-corrected chi connectivity index (χ0v) is 11.0. The van der Waals surface area contributed by atoms with Crippen molar-refractivity contribution in [2.45, 2.75) is 12.1 Å². The fourth-order valence-corrected chi connectivity index (χ4v) is 2.27. The topological polar surface area (TPSA) is 74.1 Å². The third-order valence-corrected chi connectivity index (χ3v) is 3.22. The molecule has 96 valence electrons. The van der Waals surface area contributed by atoms with Crippen molar-refractivity contribution in [1.82, 2.24) is 14.8 Å². The van der Waals surface area contributed by atoms with Crippen LogP contribution in [0.4, 0.5) is 0 Å². The van der Waals surface area contributed by atoms with Crippen molar-refractivity contribution in [3.05, 3.63) is 30.3 Å². The molecular weight excluding hydrogens is 278 g/mol. The van der Waals surface area contributed by atoms with Crippen LogP contribution in [0, 0.1) is 0 Å². The molecule has 1 aromatic carbocycles. The molecule has 0 fully saturated rings. The van der Waals surface area contributed by atoms with Crippen molar-refractivity contribution in [3.63, 3.8) is 0 Å². The van der Waals surface area contributed by atoms with Crippen LogP contribution in [0.1, 0.15) is 6.92 Å². The molecule has 0 saturated heterocycles. The molecular formula is C10H10ClN3O3S. The molecule has 0 N–H and O–H groups in total. The van der Waals surface area contributed by atoms with Crippen molar-refractivity contribution in [2.24, 2.45) is 0 Å². The first-order valence-electron chi connectivity index (χ1n) is 5.12. The third kappa shape index (κ3) is 2.46. The molecule has 1 heterocycles. The van der Waals surface area contributed by atoms with E-state index in [0.29, 0.717) is 12.3 Å². The molecule has 0 aliphatic carbocycles. The molecule has 0 atom stereocenters. The van der Waals surface area contributed by atoms with E-state index in [2.05, 4.69) is 10.2 Å². The van der Waals surface area contributed by atoms with Gasteiger partial charge in [0.2, 0.25) is 0 Å². The van der Waals surface area contributed by atoms with Crippen LogP contribution < -0.4 is 4.74 Å². The number of benzene rings is 1. The van der Waals surface area contributed by atoms with E-state index < -0.39 is 9.05 Å². The van der Waals surface area contributed by atoms with Crippen LogP contribution in [-0.2, 0) is 9.05 Å². The Morgan fingerprint density at radius 1 is 1.28 bits per heavy atom. The monoisotopic (exact) mass is 287 g/mol. The van der Waals surface area contributed by atoms with Gasteiger partial charge in [-0.15, -0.1) is 5.10 Å². The summed E-state index contributed by atoms with van der Waals surface area (Å²) in [4.78, 5) is 0. The highest BCUT2D eigenvalue weighted by molar-refractivity contribution is 8.13. The van der Waals surface area contributed by atoms with Crippen molar-refractivity contribution >= 4 is 19.7 Å². The van der Waals surface area contributed by atoms with E-state index in [1.54, 1.807) is 31.2 Å². The Kier molecular flexibility index (Phi) is 3.53.